The van der Waals surface area contributed by atoms with E-state index in [4.69, 9.17) is 5.26 Å². The van der Waals surface area contributed by atoms with E-state index in [9.17, 15) is 0 Å². The topological polar surface area (TPSA) is 44.9 Å². The van der Waals surface area contributed by atoms with E-state index in [1.807, 2.05) is 7.05 Å². The molecule has 1 aliphatic rings. The summed E-state index contributed by atoms with van der Waals surface area (Å²) in [4.78, 5) is 2.22. The van der Waals surface area contributed by atoms with Crippen LogP contribution in [0.2, 0.25) is 0 Å². The van der Waals surface area contributed by atoms with Crippen LogP contribution < -0.4 is 0 Å². The van der Waals surface area contributed by atoms with Crippen molar-refractivity contribution in [3.63, 3.8) is 0 Å². The van der Waals surface area contributed by atoms with Crippen molar-refractivity contribution in [2.75, 3.05) is 13.6 Å². The molecule has 2 heterocycles. The van der Waals surface area contributed by atoms with Crippen molar-refractivity contribution in [3.8, 4) is 6.07 Å². The Bertz CT molecular complexity index is 372. The Hall–Kier alpha value is -1.34. The second-order valence-corrected chi connectivity index (χ2v) is 3.50. The van der Waals surface area contributed by atoms with Gasteiger partial charge in [0.25, 0.3) is 0 Å². The molecular formula is C9H12N4. The minimum Gasteiger partial charge on any atom is -0.300 e. The smallest absolute Gasteiger partial charge is 0.141 e. The Kier molecular flexibility index (Phi) is 1.82. The number of hydrogen-bond donors (Lipinski definition) is 0. The molecule has 0 atom stereocenters. The normalized spacial score (nSPS) is 16.7. The van der Waals surface area contributed by atoms with Crippen LogP contribution in [-0.4, -0.2) is 28.3 Å². The van der Waals surface area contributed by atoms with E-state index in [0.717, 1.165) is 36.5 Å². The van der Waals surface area contributed by atoms with Crippen LogP contribution in [0, 0.1) is 11.3 Å². The summed E-state index contributed by atoms with van der Waals surface area (Å²) in [5.74, 6) is 0. The summed E-state index contributed by atoms with van der Waals surface area (Å²) in [5, 5.41) is 13.2. The molecule has 1 aromatic heterocycles. The summed E-state index contributed by atoms with van der Waals surface area (Å²) in [6, 6.07) is 2.20. The fourth-order valence-corrected chi connectivity index (χ4v) is 1.79. The van der Waals surface area contributed by atoms with Crippen LogP contribution >= 0.6 is 0 Å². The molecule has 0 N–H and O–H groups in total. The molecule has 1 aromatic rings. The fourth-order valence-electron chi connectivity index (χ4n) is 1.79. The number of aromatic nitrogens is 2. The standard InChI is InChI=1S/C9H12N4/c1-12-4-3-7-8(6-12)11-13(2)9(7)5-10/h3-4,6H2,1-2H3. The largest absolute Gasteiger partial charge is 0.300 e. The average molecular weight is 176 g/mol. The quantitative estimate of drug-likeness (QED) is 0.570. The monoisotopic (exact) mass is 176 g/mol. The third-order valence-corrected chi connectivity index (χ3v) is 2.50. The van der Waals surface area contributed by atoms with Gasteiger partial charge in [-0.05, 0) is 13.5 Å². The van der Waals surface area contributed by atoms with E-state index in [2.05, 4.69) is 23.1 Å². The Morgan fingerprint density at radius 3 is 2.92 bits per heavy atom. The molecule has 4 heteroatoms. The highest BCUT2D eigenvalue weighted by Gasteiger charge is 2.21. The van der Waals surface area contributed by atoms with E-state index in [-0.39, 0.29) is 0 Å². The molecule has 4 nitrogen and oxygen atoms in total. The molecule has 0 saturated carbocycles. The Morgan fingerprint density at radius 2 is 2.23 bits per heavy atom. The first-order valence-electron chi connectivity index (χ1n) is 4.35. The zero-order valence-electron chi connectivity index (χ0n) is 7.91. The molecule has 0 bridgehead atoms. The van der Waals surface area contributed by atoms with Crippen molar-refractivity contribution in [3.05, 3.63) is 17.0 Å². The summed E-state index contributed by atoms with van der Waals surface area (Å²) >= 11 is 0. The van der Waals surface area contributed by atoms with Crippen molar-refractivity contribution >= 4 is 0 Å². The molecule has 0 unspecified atom stereocenters. The van der Waals surface area contributed by atoms with Gasteiger partial charge in [0.15, 0.2) is 0 Å². The second kappa shape index (κ2) is 2.86. The van der Waals surface area contributed by atoms with Gasteiger partial charge in [0.05, 0.1) is 5.69 Å². The zero-order valence-corrected chi connectivity index (χ0v) is 7.91. The van der Waals surface area contributed by atoms with E-state index in [1.54, 1.807) is 4.68 Å². The molecule has 0 amide bonds. The van der Waals surface area contributed by atoms with Gasteiger partial charge in [0.2, 0.25) is 0 Å². The summed E-state index contributed by atoms with van der Waals surface area (Å²) < 4.78 is 1.68. The van der Waals surface area contributed by atoms with Crippen molar-refractivity contribution in [1.82, 2.24) is 14.7 Å². The van der Waals surface area contributed by atoms with Crippen molar-refractivity contribution in [2.24, 2.45) is 7.05 Å². The fraction of sp³-hybridized carbons (Fsp3) is 0.556. The number of likely N-dealkylation sites (N-methyl/N-ethyl adjacent to an activating group) is 1. The third-order valence-electron chi connectivity index (χ3n) is 2.50. The maximum absolute atomic E-state index is 8.90. The molecule has 1 aliphatic heterocycles. The van der Waals surface area contributed by atoms with Crippen molar-refractivity contribution in [2.45, 2.75) is 13.0 Å². The molecule has 0 aliphatic carbocycles. The first-order chi connectivity index (χ1) is 6.22. The van der Waals surface area contributed by atoms with E-state index in [0.29, 0.717) is 0 Å². The number of fused-ring (bicyclic) bond motifs is 1. The second-order valence-electron chi connectivity index (χ2n) is 3.50. The third kappa shape index (κ3) is 1.21. The van der Waals surface area contributed by atoms with Crippen LogP contribution in [0.1, 0.15) is 17.0 Å². The zero-order chi connectivity index (χ0) is 9.42. The lowest BCUT2D eigenvalue weighted by atomic mass is 10.1. The lowest BCUT2D eigenvalue weighted by Gasteiger charge is -2.20. The summed E-state index contributed by atoms with van der Waals surface area (Å²) in [5.41, 5.74) is 2.93. The lowest BCUT2D eigenvalue weighted by Crippen LogP contribution is -2.26. The Labute approximate surface area is 77.4 Å². The van der Waals surface area contributed by atoms with Crippen LogP contribution in [0.4, 0.5) is 0 Å². The molecular weight excluding hydrogens is 164 g/mol. The van der Waals surface area contributed by atoms with Gasteiger partial charge < -0.3 is 4.90 Å². The van der Waals surface area contributed by atoms with Gasteiger partial charge in [0, 0.05) is 25.7 Å². The molecule has 0 fully saturated rings. The van der Waals surface area contributed by atoms with E-state index < -0.39 is 0 Å². The van der Waals surface area contributed by atoms with Crippen LogP contribution in [0.25, 0.3) is 0 Å². The van der Waals surface area contributed by atoms with E-state index >= 15 is 0 Å². The van der Waals surface area contributed by atoms with Crippen molar-refractivity contribution in [1.29, 1.82) is 5.26 Å². The first kappa shape index (κ1) is 8.27. The van der Waals surface area contributed by atoms with E-state index in [1.165, 1.54) is 0 Å². The minimum absolute atomic E-state index is 0.725. The van der Waals surface area contributed by atoms with Crippen LogP contribution in [0.3, 0.4) is 0 Å². The highest BCUT2D eigenvalue weighted by atomic mass is 15.3. The summed E-state index contributed by atoms with van der Waals surface area (Å²) in [6.07, 6.45) is 0.947. The summed E-state index contributed by atoms with van der Waals surface area (Å²) in [6.45, 7) is 1.89. The van der Waals surface area contributed by atoms with Crippen LogP contribution in [0.5, 0.6) is 0 Å². The van der Waals surface area contributed by atoms with Crippen LogP contribution in [0.15, 0.2) is 0 Å². The molecule has 68 valence electrons. The van der Waals surface area contributed by atoms with Gasteiger partial charge in [0.1, 0.15) is 11.8 Å². The Balaban J connectivity index is 2.48. The molecule has 0 radical (unpaired) electrons. The maximum Gasteiger partial charge on any atom is 0.141 e. The molecule has 0 saturated heterocycles. The average Bonchev–Trinajstić information content (AvgIpc) is 2.39. The van der Waals surface area contributed by atoms with Gasteiger partial charge in [-0.2, -0.15) is 10.4 Å². The molecule has 13 heavy (non-hydrogen) atoms. The van der Waals surface area contributed by atoms with Crippen LogP contribution in [-0.2, 0) is 20.0 Å². The highest BCUT2D eigenvalue weighted by molar-refractivity contribution is 5.36. The van der Waals surface area contributed by atoms with Crippen molar-refractivity contribution < 1.29 is 0 Å². The number of hydrogen-bond acceptors (Lipinski definition) is 3. The number of nitrogens with zero attached hydrogens (tertiary/aromatic N) is 4. The first-order valence-corrected chi connectivity index (χ1v) is 4.35. The number of nitriles is 1. The number of aryl methyl sites for hydroxylation is 1. The predicted octanol–water partition coefficient (Wildman–Crippen LogP) is 0.280. The highest BCUT2D eigenvalue weighted by Crippen LogP contribution is 2.19. The minimum atomic E-state index is 0.725. The Morgan fingerprint density at radius 1 is 1.46 bits per heavy atom. The van der Waals surface area contributed by atoms with Gasteiger partial charge in [-0.25, -0.2) is 0 Å². The number of rotatable bonds is 0. The molecule has 2 rings (SSSR count). The van der Waals surface area contributed by atoms with Gasteiger partial charge in [-0.15, -0.1) is 0 Å². The van der Waals surface area contributed by atoms with Gasteiger partial charge in [-0.3, -0.25) is 4.68 Å². The maximum atomic E-state index is 8.90. The SMILES string of the molecule is CN1CCc2c(nn(C)c2C#N)C1. The van der Waals surface area contributed by atoms with Gasteiger partial charge >= 0.3 is 0 Å². The molecule has 0 spiro atoms. The van der Waals surface area contributed by atoms with Gasteiger partial charge in [-0.1, -0.05) is 0 Å². The predicted molar refractivity (Wildman–Crippen MR) is 48.0 cm³/mol. The summed E-state index contributed by atoms with van der Waals surface area (Å²) in [7, 11) is 3.90. The lowest BCUT2D eigenvalue weighted by molar-refractivity contribution is 0.308. The molecule has 0 aromatic carbocycles.